The second-order valence-corrected chi connectivity index (χ2v) is 8.20. The molecule has 2 aliphatic heterocycles. The maximum absolute atomic E-state index is 13.0. The van der Waals surface area contributed by atoms with Crippen LogP contribution in [-0.2, 0) is 9.59 Å². The van der Waals surface area contributed by atoms with Crippen LogP contribution in [0, 0.1) is 5.92 Å². The minimum atomic E-state index is -0.357. The van der Waals surface area contributed by atoms with Crippen LogP contribution in [0.1, 0.15) is 29.6 Å². The van der Waals surface area contributed by atoms with Crippen molar-refractivity contribution in [2.24, 2.45) is 5.92 Å². The van der Waals surface area contributed by atoms with Gasteiger partial charge < -0.3 is 15.1 Å². The molecule has 0 aromatic heterocycles. The van der Waals surface area contributed by atoms with Gasteiger partial charge in [-0.1, -0.05) is 41.9 Å². The molecule has 2 heterocycles. The quantitative estimate of drug-likeness (QED) is 0.818. The predicted octanol–water partition coefficient (Wildman–Crippen LogP) is 3.11. The summed E-state index contributed by atoms with van der Waals surface area (Å²) in [5, 5.41) is 3.56. The Morgan fingerprint density at radius 3 is 2.33 bits per heavy atom. The molecular weight excluding hydrogens is 402 g/mol. The van der Waals surface area contributed by atoms with Crippen molar-refractivity contribution >= 4 is 35.0 Å². The number of hydrogen-bond acceptors (Lipinski definition) is 3. The van der Waals surface area contributed by atoms with E-state index in [1.807, 2.05) is 35.2 Å². The average Bonchev–Trinajstić information content (AvgIpc) is 3.16. The number of para-hydroxylation sites is 1. The minimum Gasteiger partial charge on any atom is -0.349 e. The number of carbonyl (C=O) groups is 3. The number of likely N-dealkylation sites (tertiary alicyclic amines) is 1. The third kappa shape index (κ3) is 4.33. The molecule has 2 fully saturated rings. The van der Waals surface area contributed by atoms with Gasteiger partial charge >= 0.3 is 0 Å². The van der Waals surface area contributed by atoms with E-state index in [9.17, 15) is 14.4 Å². The molecule has 4 rings (SSSR count). The summed E-state index contributed by atoms with van der Waals surface area (Å²) in [4.78, 5) is 41.2. The van der Waals surface area contributed by atoms with E-state index < -0.39 is 0 Å². The second kappa shape index (κ2) is 8.88. The van der Waals surface area contributed by atoms with E-state index in [1.165, 1.54) is 0 Å². The Morgan fingerprint density at radius 2 is 1.63 bits per heavy atom. The number of nitrogens with one attached hydrogen (secondary N) is 1. The first-order valence-corrected chi connectivity index (χ1v) is 10.6. The fourth-order valence-corrected chi connectivity index (χ4v) is 4.37. The number of carbonyl (C=O) groups excluding carboxylic acids is 3. The summed E-state index contributed by atoms with van der Waals surface area (Å²) < 4.78 is 0. The lowest BCUT2D eigenvalue weighted by molar-refractivity contribution is -0.136. The lowest BCUT2D eigenvalue weighted by Crippen LogP contribution is -2.48. The Balaban J connectivity index is 1.31. The highest BCUT2D eigenvalue weighted by Crippen LogP contribution is 2.32. The Bertz CT molecular complexity index is 942. The van der Waals surface area contributed by atoms with Gasteiger partial charge in [0.15, 0.2) is 0 Å². The summed E-state index contributed by atoms with van der Waals surface area (Å²) in [6.07, 6.45) is 1.62. The van der Waals surface area contributed by atoms with Gasteiger partial charge in [-0.15, -0.1) is 0 Å². The van der Waals surface area contributed by atoms with E-state index in [0.717, 1.165) is 0 Å². The van der Waals surface area contributed by atoms with Crippen LogP contribution >= 0.6 is 11.6 Å². The van der Waals surface area contributed by atoms with Crippen molar-refractivity contribution in [2.45, 2.75) is 25.3 Å². The predicted molar refractivity (Wildman–Crippen MR) is 115 cm³/mol. The molecule has 7 heteroatoms. The molecule has 30 heavy (non-hydrogen) atoms. The maximum Gasteiger partial charge on any atom is 0.251 e. The van der Waals surface area contributed by atoms with Crippen LogP contribution in [0.15, 0.2) is 54.6 Å². The molecule has 1 unspecified atom stereocenters. The van der Waals surface area contributed by atoms with Crippen LogP contribution in [0.3, 0.4) is 0 Å². The van der Waals surface area contributed by atoms with E-state index in [2.05, 4.69) is 5.32 Å². The van der Waals surface area contributed by atoms with Crippen LogP contribution in [-0.4, -0.2) is 48.3 Å². The Labute approximate surface area is 180 Å². The van der Waals surface area contributed by atoms with Crippen LogP contribution in [0.4, 0.5) is 5.69 Å². The Kier molecular flexibility index (Phi) is 6.04. The molecule has 0 spiro atoms. The zero-order valence-corrected chi connectivity index (χ0v) is 17.3. The maximum atomic E-state index is 13.0. The van der Waals surface area contributed by atoms with E-state index in [-0.39, 0.29) is 36.1 Å². The number of amides is 3. The summed E-state index contributed by atoms with van der Waals surface area (Å²) in [6.45, 7) is 1.51. The van der Waals surface area contributed by atoms with Crippen molar-refractivity contribution in [1.29, 1.82) is 0 Å². The summed E-state index contributed by atoms with van der Waals surface area (Å²) in [7, 11) is 0. The van der Waals surface area contributed by atoms with E-state index in [4.69, 9.17) is 11.6 Å². The molecule has 1 N–H and O–H groups in total. The van der Waals surface area contributed by atoms with Crippen LogP contribution in [0.2, 0.25) is 5.02 Å². The van der Waals surface area contributed by atoms with Crippen molar-refractivity contribution < 1.29 is 14.4 Å². The minimum absolute atomic E-state index is 0.00531. The number of benzene rings is 2. The largest absolute Gasteiger partial charge is 0.349 e. The van der Waals surface area contributed by atoms with Crippen LogP contribution in [0.25, 0.3) is 0 Å². The zero-order valence-electron chi connectivity index (χ0n) is 16.6. The number of anilines is 1. The average molecular weight is 426 g/mol. The first kappa shape index (κ1) is 20.4. The van der Waals surface area contributed by atoms with Crippen molar-refractivity contribution in [1.82, 2.24) is 10.2 Å². The molecule has 156 valence electrons. The van der Waals surface area contributed by atoms with Gasteiger partial charge in [-0.3, -0.25) is 14.4 Å². The van der Waals surface area contributed by atoms with Gasteiger partial charge in [0.25, 0.3) is 5.91 Å². The highest BCUT2D eigenvalue weighted by atomic mass is 35.5. The molecule has 2 saturated heterocycles. The molecule has 1 atom stereocenters. The molecule has 2 aromatic carbocycles. The third-order valence-corrected chi connectivity index (χ3v) is 6.11. The van der Waals surface area contributed by atoms with E-state index in [1.54, 1.807) is 29.2 Å². The monoisotopic (exact) mass is 425 g/mol. The highest BCUT2D eigenvalue weighted by molar-refractivity contribution is 6.33. The first-order valence-electron chi connectivity index (χ1n) is 10.2. The molecule has 0 aliphatic carbocycles. The second-order valence-electron chi connectivity index (χ2n) is 7.80. The molecule has 2 aromatic rings. The number of halogens is 1. The number of rotatable bonds is 4. The van der Waals surface area contributed by atoms with Gasteiger partial charge in [0.2, 0.25) is 11.8 Å². The highest BCUT2D eigenvalue weighted by Gasteiger charge is 2.38. The fraction of sp³-hybridized carbons (Fsp3) is 0.348. The van der Waals surface area contributed by atoms with Crippen molar-refractivity contribution in [3.05, 3.63) is 65.2 Å². The van der Waals surface area contributed by atoms with Crippen LogP contribution in [0.5, 0.6) is 0 Å². The lowest BCUT2D eigenvalue weighted by Gasteiger charge is -2.33. The van der Waals surface area contributed by atoms with Gasteiger partial charge in [0.1, 0.15) is 0 Å². The summed E-state index contributed by atoms with van der Waals surface area (Å²) >= 11 is 6.22. The molecule has 0 saturated carbocycles. The van der Waals surface area contributed by atoms with Gasteiger partial charge in [-0.05, 0) is 37.1 Å². The van der Waals surface area contributed by atoms with E-state index in [0.29, 0.717) is 48.7 Å². The topological polar surface area (TPSA) is 69.7 Å². The van der Waals surface area contributed by atoms with Gasteiger partial charge in [0.05, 0.1) is 16.6 Å². The molecule has 0 radical (unpaired) electrons. The molecule has 3 amide bonds. The van der Waals surface area contributed by atoms with Gasteiger partial charge in [0, 0.05) is 37.7 Å². The Hall–Kier alpha value is -2.86. The molecular formula is C23H24ClN3O3. The lowest BCUT2D eigenvalue weighted by atomic mass is 10.0. The fourth-order valence-electron chi connectivity index (χ4n) is 4.14. The van der Waals surface area contributed by atoms with Gasteiger partial charge in [-0.25, -0.2) is 0 Å². The van der Waals surface area contributed by atoms with Crippen molar-refractivity contribution in [2.75, 3.05) is 24.5 Å². The molecule has 6 nitrogen and oxygen atoms in total. The van der Waals surface area contributed by atoms with E-state index >= 15 is 0 Å². The number of nitrogens with zero attached hydrogens (tertiary/aromatic N) is 2. The smallest absolute Gasteiger partial charge is 0.251 e. The van der Waals surface area contributed by atoms with Crippen molar-refractivity contribution in [3.8, 4) is 0 Å². The summed E-state index contributed by atoms with van der Waals surface area (Å²) in [6, 6.07) is 16.4. The number of piperidine rings is 1. The van der Waals surface area contributed by atoms with Gasteiger partial charge in [-0.2, -0.15) is 0 Å². The standard InChI is InChI=1S/C23H24ClN3O3/c24-19-8-4-5-9-20(19)27-15-17(14-21(27)28)23(30)26-12-10-18(11-13-26)25-22(29)16-6-2-1-3-7-16/h1-9,17-18H,10-15H2,(H,25,29). The third-order valence-electron chi connectivity index (χ3n) is 5.80. The summed E-state index contributed by atoms with van der Waals surface area (Å²) in [5.74, 6) is -0.515. The Morgan fingerprint density at radius 1 is 0.967 bits per heavy atom. The van der Waals surface area contributed by atoms with Crippen molar-refractivity contribution in [3.63, 3.8) is 0 Å². The molecule has 0 bridgehead atoms. The SMILES string of the molecule is O=C(NC1CCN(C(=O)C2CC(=O)N(c3ccccc3Cl)C2)CC1)c1ccccc1. The number of hydrogen-bond donors (Lipinski definition) is 1. The summed E-state index contributed by atoms with van der Waals surface area (Å²) in [5.41, 5.74) is 1.29. The molecule has 2 aliphatic rings. The van der Waals surface area contributed by atoms with Crippen LogP contribution < -0.4 is 10.2 Å². The normalized spacial score (nSPS) is 19.8. The zero-order chi connectivity index (χ0) is 21.1. The first-order chi connectivity index (χ1) is 14.5.